The Morgan fingerprint density at radius 3 is 2.57 bits per heavy atom. The summed E-state index contributed by atoms with van der Waals surface area (Å²) < 4.78 is 13.9. The van der Waals surface area contributed by atoms with Crippen molar-refractivity contribution in [2.75, 3.05) is 5.73 Å². The Bertz CT molecular complexity index is 174. The first-order chi connectivity index (χ1) is 4.18. The molecular weight excluding hydrogens is 88.1 g/mol. The fourth-order valence-electron chi connectivity index (χ4n) is 0.293. The number of nitrogen functional groups attached to an aromatic ring is 1. The highest BCUT2D eigenvalue weighted by atomic mass is 14.6. The van der Waals surface area contributed by atoms with Gasteiger partial charge in [0.05, 0.1) is 2.74 Å². The van der Waals surface area contributed by atoms with Crippen molar-refractivity contribution >= 4 is 5.69 Å². The van der Waals surface area contributed by atoms with Crippen LogP contribution in [-0.4, -0.2) is 4.98 Å². The molecule has 1 rings (SSSR count). The van der Waals surface area contributed by atoms with E-state index < -0.39 is 0 Å². The normalized spacial score (nSPS) is 12.6. The van der Waals surface area contributed by atoms with Crippen LogP contribution in [0.3, 0.4) is 0 Å². The van der Waals surface area contributed by atoms with Crippen molar-refractivity contribution in [2.24, 2.45) is 0 Å². The van der Waals surface area contributed by atoms with Crippen LogP contribution in [0.15, 0.2) is 24.5 Å². The minimum atomic E-state index is 0.0417. The maximum absolute atomic E-state index is 6.97. The largest absolute Gasteiger partial charge is 0.399 e. The van der Waals surface area contributed by atoms with Crippen molar-refractivity contribution in [3.8, 4) is 0 Å². The van der Waals surface area contributed by atoms with E-state index in [9.17, 15) is 0 Å². The molecule has 2 heteroatoms. The van der Waals surface area contributed by atoms with Gasteiger partial charge in [-0.3, -0.25) is 4.98 Å². The van der Waals surface area contributed by atoms with Gasteiger partial charge >= 0.3 is 0 Å². The Morgan fingerprint density at radius 1 is 1.57 bits per heavy atom. The van der Waals surface area contributed by atoms with Crippen molar-refractivity contribution in [3.05, 3.63) is 24.5 Å². The number of hydrogen-bond donors (Lipinski definition) is 1. The van der Waals surface area contributed by atoms with Gasteiger partial charge in [0.2, 0.25) is 0 Å². The minimum Gasteiger partial charge on any atom is -0.399 e. The van der Waals surface area contributed by atoms with Crippen LogP contribution >= 0.6 is 0 Å². The average Bonchev–Trinajstić information content (AvgIpc) is 1.59. The quantitative estimate of drug-likeness (QED) is 0.515. The maximum atomic E-state index is 6.97. The molecule has 0 aromatic carbocycles. The summed E-state index contributed by atoms with van der Waals surface area (Å²) in [7, 11) is 0. The third-order valence-electron chi connectivity index (χ3n) is 0.592. The molecule has 1 heterocycles. The highest BCUT2D eigenvalue weighted by molar-refractivity contribution is 5.33. The van der Waals surface area contributed by atoms with Crippen LogP contribution in [0.2, 0.25) is 0 Å². The molecule has 0 atom stereocenters. The zero-order valence-electron chi connectivity index (χ0n) is 5.68. The lowest BCUT2D eigenvalue weighted by molar-refractivity contribution is 1.33. The minimum absolute atomic E-state index is 0.0417. The number of aromatic nitrogens is 1. The van der Waals surface area contributed by atoms with E-state index in [4.69, 9.17) is 8.48 Å². The van der Waals surface area contributed by atoms with Gasteiger partial charge in [-0.1, -0.05) is 0 Å². The van der Waals surface area contributed by atoms with E-state index in [1.165, 1.54) is 12.1 Å². The molecule has 0 saturated heterocycles. The van der Waals surface area contributed by atoms with E-state index in [1.807, 2.05) is 0 Å². The molecule has 0 saturated carbocycles. The summed E-state index contributed by atoms with van der Waals surface area (Å²) in [6, 6.07) is 2.80. The van der Waals surface area contributed by atoms with Crippen molar-refractivity contribution in [1.82, 2.24) is 4.98 Å². The summed E-state index contributed by atoms with van der Waals surface area (Å²) >= 11 is 0. The predicted octanol–water partition coefficient (Wildman–Crippen LogP) is 0.664. The van der Waals surface area contributed by atoms with Gasteiger partial charge < -0.3 is 5.73 Å². The van der Waals surface area contributed by atoms with Gasteiger partial charge in [-0.2, -0.15) is 0 Å². The summed E-state index contributed by atoms with van der Waals surface area (Å²) in [6.45, 7) is 0. The maximum Gasteiger partial charge on any atom is 0.0841 e. The van der Waals surface area contributed by atoms with Crippen LogP contribution in [0, 0.1) is 0 Å². The summed E-state index contributed by atoms with van der Waals surface area (Å²) in [5.41, 5.74) is 5.70. The lowest BCUT2D eigenvalue weighted by Gasteiger charge is -1.83. The Labute approximate surface area is 44.8 Å². The zero-order valence-corrected chi connectivity index (χ0v) is 3.68. The van der Waals surface area contributed by atoms with Crippen molar-refractivity contribution in [2.45, 2.75) is 0 Å². The third-order valence-corrected chi connectivity index (χ3v) is 0.592. The summed E-state index contributed by atoms with van der Waals surface area (Å²) in [4.78, 5) is 3.49. The molecule has 0 fully saturated rings. The van der Waals surface area contributed by atoms with E-state index in [2.05, 4.69) is 4.98 Å². The molecule has 2 N–H and O–H groups in total. The first-order valence-electron chi connectivity index (χ1n) is 2.89. The van der Waals surface area contributed by atoms with Crippen molar-refractivity contribution in [1.29, 1.82) is 0 Å². The molecule has 1 aromatic heterocycles. The third kappa shape index (κ3) is 0.892. The Hall–Kier alpha value is -1.05. The van der Waals surface area contributed by atoms with Crippen molar-refractivity contribution < 1.29 is 2.74 Å². The Balaban J connectivity index is 3.17. The number of pyridine rings is 1. The average molecular weight is 96.1 g/mol. The molecule has 0 unspecified atom stereocenters. The number of hydrogen-bond acceptors (Lipinski definition) is 2. The molecule has 7 heavy (non-hydrogen) atoms. The topological polar surface area (TPSA) is 38.9 Å². The number of nitrogens with zero attached hydrogens (tertiary/aromatic N) is 1. The van der Waals surface area contributed by atoms with Gasteiger partial charge in [-0.25, -0.2) is 0 Å². The van der Waals surface area contributed by atoms with E-state index in [1.54, 1.807) is 0 Å². The lowest BCUT2D eigenvalue weighted by Crippen LogP contribution is -1.81. The first-order valence-corrected chi connectivity index (χ1v) is 1.89. The highest BCUT2D eigenvalue weighted by Crippen LogP contribution is 1.92. The van der Waals surface area contributed by atoms with E-state index >= 15 is 0 Å². The lowest BCUT2D eigenvalue weighted by atomic mass is 10.4. The van der Waals surface area contributed by atoms with Crippen LogP contribution in [0.25, 0.3) is 0 Å². The van der Waals surface area contributed by atoms with Gasteiger partial charge in [-0.05, 0) is 12.1 Å². The van der Waals surface area contributed by atoms with Crippen molar-refractivity contribution in [3.63, 3.8) is 0 Å². The Morgan fingerprint density at radius 2 is 2.14 bits per heavy atom. The van der Waals surface area contributed by atoms with Crippen LogP contribution < -0.4 is 5.73 Å². The second-order valence-electron chi connectivity index (χ2n) is 1.16. The number of rotatable bonds is 0. The van der Waals surface area contributed by atoms with E-state index in [0.29, 0.717) is 5.69 Å². The van der Waals surface area contributed by atoms with Crippen LogP contribution in [0.1, 0.15) is 2.74 Å². The second kappa shape index (κ2) is 1.60. The summed E-state index contributed by atoms with van der Waals surface area (Å²) in [5.74, 6) is 0. The molecule has 0 aliphatic heterocycles. The van der Waals surface area contributed by atoms with E-state index in [-0.39, 0.29) is 12.3 Å². The first kappa shape index (κ1) is 2.31. The monoisotopic (exact) mass is 96.1 g/mol. The van der Waals surface area contributed by atoms with Crippen LogP contribution in [0.5, 0.6) is 0 Å². The van der Waals surface area contributed by atoms with Gasteiger partial charge in [0.1, 0.15) is 0 Å². The fraction of sp³-hybridized carbons (Fsp3) is 0. The molecule has 0 amide bonds. The smallest absolute Gasteiger partial charge is 0.0841 e. The van der Waals surface area contributed by atoms with Gasteiger partial charge in [-0.15, -0.1) is 0 Å². The molecule has 0 aliphatic rings. The molecule has 0 aliphatic carbocycles. The SMILES string of the molecule is [2H]c1cc(N)cc([2H])n1. The second-order valence-corrected chi connectivity index (χ2v) is 1.16. The predicted molar refractivity (Wildman–Crippen MR) is 28.6 cm³/mol. The number of anilines is 1. The zero-order chi connectivity index (χ0) is 6.85. The standard InChI is InChI=1S/C5H6N2/c6-5-1-3-7-4-2-5/h1-4H,(H2,6,7)/i3D,4D. The Kier molecular flexibility index (Phi) is 0.527. The molecule has 0 bridgehead atoms. The molecular formula is C5H6N2. The van der Waals surface area contributed by atoms with Crippen LogP contribution in [0.4, 0.5) is 5.69 Å². The van der Waals surface area contributed by atoms with Gasteiger partial charge in [0.15, 0.2) is 0 Å². The van der Waals surface area contributed by atoms with Gasteiger partial charge in [0.25, 0.3) is 0 Å². The molecule has 0 spiro atoms. The number of nitrogens with two attached hydrogens (primary N) is 1. The van der Waals surface area contributed by atoms with Gasteiger partial charge in [0, 0.05) is 18.0 Å². The highest BCUT2D eigenvalue weighted by Gasteiger charge is 1.73. The van der Waals surface area contributed by atoms with Crippen LogP contribution in [-0.2, 0) is 0 Å². The molecule has 36 valence electrons. The fourth-order valence-corrected chi connectivity index (χ4v) is 0.293. The summed E-state index contributed by atoms with van der Waals surface area (Å²) in [5, 5.41) is 0. The molecule has 2 nitrogen and oxygen atoms in total. The molecule has 1 aromatic rings. The molecule has 0 radical (unpaired) electrons. The van der Waals surface area contributed by atoms with E-state index in [0.717, 1.165) is 0 Å². The summed E-state index contributed by atoms with van der Waals surface area (Å²) in [6.07, 6.45) is 0.0833.